The van der Waals surface area contributed by atoms with Crippen molar-refractivity contribution in [2.24, 2.45) is 12.1 Å². The number of aromatic nitrogens is 1. The molecule has 7 heteroatoms. The van der Waals surface area contributed by atoms with Gasteiger partial charge in [-0.15, -0.1) is 0 Å². The van der Waals surface area contributed by atoms with Crippen molar-refractivity contribution in [2.45, 2.75) is 0 Å². The average molecular weight is 275 g/mol. The van der Waals surface area contributed by atoms with Crippen molar-refractivity contribution < 1.29 is 22.1 Å². The third-order valence-corrected chi connectivity index (χ3v) is 2.42. The standard InChI is InChI=1S/C10H14N4OS.ClH/c1-13(2)10(16)12-11-7-8-9(15)5-4-6-14(8)3;/h4-7,15H,1-3H3;1H. The molecule has 0 saturated heterocycles. The molecular weight excluding hydrogens is 260 g/mol. The molecule has 0 bridgehead atoms. The van der Waals surface area contributed by atoms with Crippen LogP contribution in [0.5, 0.6) is 5.75 Å². The fourth-order valence-corrected chi connectivity index (χ4v) is 1.07. The van der Waals surface area contributed by atoms with Gasteiger partial charge in [0.2, 0.25) is 0 Å². The van der Waals surface area contributed by atoms with Crippen LogP contribution in [0.2, 0.25) is 0 Å². The van der Waals surface area contributed by atoms with Gasteiger partial charge in [0.1, 0.15) is 13.3 Å². The van der Waals surface area contributed by atoms with Crippen LogP contribution < -0.4 is 22.4 Å². The van der Waals surface area contributed by atoms with E-state index in [4.69, 9.17) is 12.2 Å². The molecule has 1 heterocycles. The molecule has 0 spiro atoms. The van der Waals surface area contributed by atoms with E-state index in [1.807, 2.05) is 27.3 Å². The minimum atomic E-state index is 0. The van der Waals surface area contributed by atoms with E-state index < -0.39 is 0 Å². The summed E-state index contributed by atoms with van der Waals surface area (Å²) in [5.74, 6) is 0.173. The minimum Gasteiger partial charge on any atom is -1.00 e. The van der Waals surface area contributed by atoms with Gasteiger partial charge in [-0.05, 0) is 18.3 Å². The second-order valence-corrected chi connectivity index (χ2v) is 3.85. The molecule has 94 valence electrons. The lowest BCUT2D eigenvalue weighted by Gasteiger charge is -2.11. The number of rotatable bonds is 2. The number of pyridine rings is 1. The summed E-state index contributed by atoms with van der Waals surface area (Å²) in [4.78, 5) is 1.73. The fraction of sp³-hybridized carbons (Fsp3) is 0.300. The highest BCUT2D eigenvalue weighted by molar-refractivity contribution is 7.80. The Kier molecular flexibility index (Phi) is 6.45. The van der Waals surface area contributed by atoms with E-state index in [0.717, 1.165) is 0 Å². The van der Waals surface area contributed by atoms with E-state index in [0.29, 0.717) is 10.8 Å². The molecule has 5 nitrogen and oxygen atoms in total. The molecule has 0 aliphatic rings. The summed E-state index contributed by atoms with van der Waals surface area (Å²) in [6.45, 7) is 0. The van der Waals surface area contributed by atoms with Gasteiger partial charge < -0.3 is 22.4 Å². The first kappa shape index (κ1) is 15.6. The molecule has 1 aromatic rings. The first-order chi connectivity index (χ1) is 7.52. The Labute approximate surface area is 112 Å². The van der Waals surface area contributed by atoms with Gasteiger partial charge in [-0.25, -0.2) is 0 Å². The smallest absolute Gasteiger partial charge is 0.267 e. The molecule has 0 unspecified atom stereocenters. The predicted octanol–water partition coefficient (Wildman–Crippen LogP) is -3.01. The van der Waals surface area contributed by atoms with Gasteiger partial charge in [-0.2, -0.15) is 9.67 Å². The number of nitrogens with zero attached hydrogens (tertiary/aromatic N) is 3. The van der Waals surface area contributed by atoms with Crippen LogP contribution in [0.3, 0.4) is 0 Å². The van der Waals surface area contributed by atoms with E-state index in [2.05, 4.69) is 10.5 Å². The molecule has 1 rings (SSSR count). The van der Waals surface area contributed by atoms with Crippen LogP contribution in [0.4, 0.5) is 0 Å². The molecule has 2 N–H and O–H groups in total. The average Bonchev–Trinajstić information content (AvgIpc) is 2.22. The van der Waals surface area contributed by atoms with E-state index in [9.17, 15) is 5.11 Å². The van der Waals surface area contributed by atoms with E-state index >= 15 is 0 Å². The Morgan fingerprint density at radius 3 is 2.76 bits per heavy atom. The summed E-state index contributed by atoms with van der Waals surface area (Å²) in [7, 11) is 5.47. The van der Waals surface area contributed by atoms with E-state index in [-0.39, 0.29) is 18.2 Å². The minimum absolute atomic E-state index is 0. The Hall–Kier alpha value is -1.40. The fourth-order valence-electron chi connectivity index (χ4n) is 1.02. The molecule has 0 aromatic carbocycles. The van der Waals surface area contributed by atoms with Gasteiger partial charge in [-0.3, -0.25) is 5.43 Å². The van der Waals surface area contributed by atoms with Crippen LogP contribution in [0.15, 0.2) is 23.4 Å². The number of nitrogens with one attached hydrogen (secondary N) is 1. The van der Waals surface area contributed by atoms with Gasteiger partial charge in [-0.1, -0.05) is 0 Å². The topological polar surface area (TPSA) is 51.7 Å². The van der Waals surface area contributed by atoms with Crippen LogP contribution in [-0.2, 0) is 7.05 Å². The van der Waals surface area contributed by atoms with Crippen molar-refractivity contribution in [3.8, 4) is 5.75 Å². The van der Waals surface area contributed by atoms with Gasteiger partial charge in [0.25, 0.3) is 5.69 Å². The zero-order valence-corrected chi connectivity index (χ0v) is 11.5. The summed E-state index contributed by atoms with van der Waals surface area (Å²) >= 11 is 4.99. The normalized spacial score (nSPS) is 9.82. The monoisotopic (exact) mass is 274 g/mol. The Morgan fingerprint density at radius 2 is 2.24 bits per heavy atom. The lowest BCUT2D eigenvalue weighted by molar-refractivity contribution is -0.672. The predicted molar refractivity (Wildman–Crippen MR) is 66.3 cm³/mol. The number of halogens is 1. The molecule has 0 saturated carbocycles. The van der Waals surface area contributed by atoms with Crippen molar-refractivity contribution in [3.63, 3.8) is 0 Å². The summed E-state index contributed by atoms with van der Waals surface area (Å²) in [5.41, 5.74) is 3.30. The zero-order chi connectivity index (χ0) is 12.1. The molecular formula is C10H15ClN4OS. The third kappa shape index (κ3) is 4.54. The number of hydrogen-bond donors (Lipinski definition) is 2. The zero-order valence-electron chi connectivity index (χ0n) is 9.88. The number of aromatic hydroxyl groups is 1. The number of hydrazone groups is 1. The van der Waals surface area contributed by atoms with Gasteiger partial charge in [0.15, 0.2) is 17.1 Å². The molecule has 0 atom stereocenters. The third-order valence-electron chi connectivity index (χ3n) is 1.96. The highest BCUT2D eigenvalue weighted by atomic mass is 35.5. The lowest BCUT2D eigenvalue weighted by atomic mass is 10.3. The highest BCUT2D eigenvalue weighted by Gasteiger charge is 2.08. The van der Waals surface area contributed by atoms with Crippen molar-refractivity contribution in [3.05, 3.63) is 24.0 Å². The molecule has 0 fully saturated rings. The van der Waals surface area contributed by atoms with Crippen molar-refractivity contribution >= 4 is 23.5 Å². The molecule has 0 radical (unpaired) electrons. The first-order valence-electron chi connectivity index (χ1n) is 4.70. The maximum atomic E-state index is 9.58. The number of thiocarbonyl (C=S) groups is 1. The molecule has 0 aliphatic carbocycles. The Balaban J connectivity index is 0.00000256. The number of hydrogen-bond acceptors (Lipinski definition) is 3. The van der Waals surface area contributed by atoms with Gasteiger partial charge in [0.05, 0.1) is 0 Å². The van der Waals surface area contributed by atoms with E-state index in [1.54, 1.807) is 21.6 Å². The lowest BCUT2D eigenvalue weighted by Crippen LogP contribution is -3.00. The largest absolute Gasteiger partial charge is 1.00 e. The summed E-state index contributed by atoms with van der Waals surface area (Å²) in [5, 5.41) is 14.0. The van der Waals surface area contributed by atoms with Crippen LogP contribution in [0.1, 0.15) is 5.69 Å². The van der Waals surface area contributed by atoms with Gasteiger partial charge in [0, 0.05) is 20.2 Å². The van der Waals surface area contributed by atoms with Crippen LogP contribution >= 0.6 is 12.2 Å². The maximum absolute atomic E-state index is 9.58. The second-order valence-electron chi connectivity index (χ2n) is 3.46. The Bertz CT molecular complexity index is 403. The van der Waals surface area contributed by atoms with Crippen molar-refractivity contribution in [1.29, 1.82) is 0 Å². The highest BCUT2D eigenvalue weighted by Crippen LogP contribution is 2.07. The summed E-state index contributed by atoms with van der Waals surface area (Å²) in [6.07, 6.45) is 3.34. The summed E-state index contributed by atoms with van der Waals surface area (Å²) < 4.78 is 1.76. The first-order valence-corrected chi connectivity index (χ1v) is 5.11. The van der Waals surface area contributed by atoms with Crippen molar-refractivity contribution in [1.82, 2.24) is 10.3 Å². The number of aryl methyl sites for hydroxylation is 1. The molecule has 0 amide bonds. The molecule has 1 aromatic heterocycles. The Morgan fingerprint density at radius 1 is 1.59 bits per heavy atom. The quantitative estimate of drug-likeness (QED) is 0.261. The van der Waals surface area contributed by atoms with Crippen LogP contribution in [0.25, 0.3) is 0 Å². The van der Waals surface area contributed by atoms with E-state index in [1.165, 1.54) is 6.21 Å². The second kappa shape index (κ2) is 7.03. The molecule has 0 aliphatic heterocycles. The van der Waals surface area contributed by atoms with Gasteiger partial charge >= 0.3 is 0 Å². The van der Waals surface area contributed by atoms with Crippen LogP contribution in [0, 0.1) is 0 Å². The maximum Gasteiger partial charge on any atom is 0.267 e. The van der Waals surface area contributed by atoms with Crippen LogP contribution in [-0.4, -0.2) is 35.4 Å². The van der Waals surface area contributed by atoms with Crippen molar-refractivity contribution in [2.75, 3.05) is 14.1 Å². The SMILES string of the molecule is CN(C)C(=S)NN=Cc1c(O)ccc[n+]1C.[Cl-]. The summed E-state index contributed by atoms with van der Waals surface area (Å²) in [6, 6.07) is 3.36. The molecule has 17 heavy (non-hydrogen) atoms.